The summed E-state index contributed by atoms with van der Waals surface area (Å²) in [5.74, 6) is 0.261. The summed E-state index contributed by atoms with van der Waals surface area (Å²) in [4.78, 5) is 11.4. The van der Waals surface area contributed by atoms with Gasteiger partial charge in [0.2, 0.25) is 0 Å². The molecule has 110 valence electrons. The number of hydrogen-bond acceptors (Lipinski definition) is 3. The molecule has 0 heterocycles. The van der Waals surface area contributed by atoms with E-state index in [9.17, 15) is 4.79 Å². The molecule has 0 saturated carbocycles. The van der Waals surface area contributed by atoms with Crippen molar-refractivity contribution in [2.24, 2.45) is 10.8 Å². The molecule has 0 aromatic rings. The van der Waals surface area contributed by atoms with Crippen molar-refractivity contribution in [1.82, 2.24) is 5.32 Å². The quantitative estimate of drug-likeness (QED) is 0.744. The fourth-order valence-electron chi connectivity index (χ4n) is 0.816. The highest BCUT2D eigenvalue weighted by Gasteiger charge is 2.20. The highest BCUT2D eigenvalue weighted by molar-refractivity contribution is 5.83. The fraction of sp³-hybridized carbons (Fsp3) is 0.933. The van der Waals surface area contributed by atoms with Crippen LogP contribution in [0.15, 0.2) is 0 Å². The molecule has 0 aliphatic carbocycles. The van der Waals surface area contributed by atoms with Crippen LogP contribution in [0.2, 0.25) is 0 Å². The second-order valence-corrected chi connectivity index (χ2v) is 7.14. The van der Waals surface area contributed by atoms with Gasteiger partial charge in [0.05, 0.1) is 13.2 Å². The number of rotatable bonds is 6. The lowest BCUT2D eigenvalue weighted by atomic mass is 9.89. The van der Waals surface area contributed by atoms with Crippen molar-refractivity contribution in [2.45, 2.75) is 54.9 Å². The minimum Gasteiger partial charge on any atom is -0.380 e. The van der Waals surface area contributed by atoms with Gasteiger partial charge in [0.1, 0.15) is 5.78 Å². The molecule has 0 aliphatic rings. The number of nitrogens with one attached hydrogen (secondary N) is 1. The lowest BCUT2D eigenvalue weighted by Crippen LogP contribution is -2.22. The Kier molecular flexibility index (Phi) is 10.5. The van der Waals surface area contributed by atoms with Crippen LogP contribution in [-0.2, 0) is 9.53 Å². The molecule has 0 aromatic heterocycles. The smallest absolute Gasteiger partial charge is 0.140 e. The fourth-order valence-corrected chi connectivity index (χ4v) is 0.816. The maximum absolute atomic E-state index is 11.4. The Morgan fingerprint density at radius 2 is 1.44 bits per heavy atom. The van der Waals surface area contributed by atoms with E-state index in [-0.39, 0.29) is 11.2 Å². The van der Waals surface area contributed by atoms with Gasteiger partial charge in [0.15, 0.2) is 0 Å². The molecule has 0 fully saturated rings. The van der Waals surface area contributed by atoms with Gasteiger partial charge in [-0.15, -0.1) is 0 Å². The van der Waals surface area contributed by atoms with Crippen molar-refractivity contribution in [3.05, 3.63) is 0 Å². The third kappa shape index (κ3) is 20.9. The second-order valence-electron chi connectivity index (χ2n) is 7.14. The Labute approximate surface area is 114 Å². The summed E-state index contributed by atoms with van der Waals surface area (Å²) in [5.41, 5.74) is 0.270. The highest BCUT2D eigenvalue weighted by atomic mass is 16.5. The van der Waals surface area contributed by atoms with Gasteiger partial charge >= 0.3 is 0 Å². The van der Waals surface area contributed by atoms with E-state index in [1.54, 1.807) is 0 Å². The predicted octanol–water partition coefficient (Wildman–Crippen LogP) is 3.28. The lowest BCUT2D eigenvalue weighted by Gasteiger charge is -2.16. The molecule has 0 spiro atoms. The van der Waals surface area contributed by atoms with Crippen LogP contribution in [-0.4, -0.2) is 32.6 Å². The first-order valence-corrected chi connectivity index (χ1v) is 6.74. The summed E-state index contributed by atoms with van der Waals surface area (Å²) in [6, 6.07) is 0. The average Bonchev–Trinajstić information content (AvgIpc) is 2.13. The van der Waals surface area contributed by atoms with Crippen molar-refractivity contribution < 1.29 is 9.53 Å². The van der Waals surface area contributed by atoms with E-state index < -0.39 is 0 Å². The summed E-state index contributed by atoms with van der Waals surface area (Å²) >= 11 is 0. The minimum absolute atomic E-state index is 0.230. The molecule has 0 atom stereocenters. The summed E-state index contributed by atoms with van der Waals surface area (Å²) in [6.45, 7) is 16.6. The Morgan fingerprint density at radius 3 is 1.78 bits per heavy atom. The molecule has 0 radical (unpaired) electrons. The number of ketones is 1. The molecular formula is C15H33NO2. The van der Waals surface area contributed by atoms with Gasteiger partial charge in [-0.3, -0.25) is 4.79 Å². The van der Waals surface area contributed by atoms with Crippen LogP contribution in [0.1, 0.15) is 54.9 Å². The van der Waals surface area contributed by atoms with Crippen molar-refractivity contribution in [2.75, 3.05) is 26.8 Å². The van der Waals surface area contributed by atoms with Crippen LogP contribution in [0.5, 0.6) is 0 Å². The molecule has 0 bridgehead atoms. The molecule has 3 nitrogen and oxygen atoms in total. The van der Waals surface area contributed by atoms with Gasteiger partial charge in [-0.25, -0.2) is 0 Å². The first-order chi connectivity index (χ1) is 7.98. The first-order valence-electron chi connectivity index (χ1n) is 6.74. The van der Waals surface area contributed by atoms with E-state index in [1.165, 1.54) is 0 Å². The van der Waals surface area contributed by atoms with Gasteiger partial charge in [0.25, 0.3) is 0 Å². The summed E-state index contributed by atoms with van der Waals surface area (Å²) in [6.07, 6.45) is 0.521. The monoisotopic (exact) mass is 259 g/mol. The second kappa shape index (κ2) is 9.51. The zero-order chi connectivity index (χ0) is 14.8. The Morgan fingerprint density at radius 1 is 1.00 bits per heavy atom. The molecule has 18 heavy (non-hydrogen) atoms. The number of carbonyl (C=O) groups is 1. The molecule has 0 saturated heterocycles. The number of hydrogen-bond donors (Lipinski definition) is 1. The van der Waals surface area contributed by atoms with Crippen LogP contribution in [0.25, 0.3) is 0 Å². The van der Waals surface area contributed by atoms with E-state index >= 15 is 0 Å². The van der Waals surface area contributed by atoms with Crippen LogP contribution in [0.3, 0.4) is 0 Å². The molecule has 3 heteroatoms. The number of Topliss-reactive ketones (excluding diaryl/α,β-unsaturated/α-hetero) is 1. The summed E-state index contributed by atoms with van der Waals surface area (Å²) in [5, 5.41) is 2.98. The zero-order valence-corrected chi connectivity index (χ0v) is 13.6. The van der Waals surface area contributed by atoms with Crippen molar-refractivity contribution >= 4 is 5.78 Å². The summed E-state index contributed by atoms with van der Waals surface area (Å²) in [7, 11) is 1.88. The molecule has 0 rings (SSSR count). The summed E-state index contributed by atoms with van der Waals surface area (Å²) < 4.78 is 5.26. The zero-order valence-electron chi connectivity index (χ0n) is 13.6. The average molecular weight is 259 g/mol. The van der Waals surface area contributed by atoms with Crippen LogP contribution in [0.4, 0.5) is 0 Å². The standard InChI is InChI=1S/C10H21NO2.C5H12/c1-10(2,3)9(12)5-7-13-8-6-11-4;1-5(2,3)4/h11H,5-8H2,1-4H3;1-4H3. The molecule has 1 N–H and O–H groups in total. The van der Waals surface area contributed by atoms with Gasteiger partial charge in [-0.2, -0.15) is 0 Å². The number of likely N-dealkylation sites (N-methyl/N-ethyl adjacent to an activating group) is 1. The Balaban J connectivity index is 0. The van der Waals surface area contributed by atoms with E-state index in [4.69, 9.17) is 4.74 Å². The van der Waals surface area contributed by atoms with E-state index in [1.807, 2.05) is 27.8 Å². The van der Waals surface area contributed by atoms with Crippen molar-refractivity contribution in [3.63, 3.8) is 0 Å². The van der Waals surface area contributed by atoms with Crippen LogP contribution in [0, 0.1) is 10.8 Å². The SMILES string of the molecule is CC(C)(C)C.CNCCOCCC(=O)C(C)(C)C. The highest BCUT2D eigenvalue weighted by Crippen LogP contribution is 2.16. The maximum atomic E-state index is 11.4. The first kappa shape index (κ1) is 19.9. The molecule has 0 aliphatic heterocycles. The molecule has 0 aromatic carbocycles. The molecule has 0 amide bonds. The topological polar surface area (TPSA) is 38.3 Å². The maximum Gasteiger partial charge on any atom is 0.140 e. The molecule has 0 unspecified atom stereocenters. The Hall–Kier alpha value is -0.410. The van der Waals surface area contributed by atoms with Crippen LogP contribution >= 0.6 is 0 Å². The van der Waals surface area contributed by atoms with E-state index in [0.717, 1.165) is 6.54 Å². The largest absolute Gasteiger partial charge is 0.380 e. The van der Waals surface area contributed by atoms with E-state index in [0.29, 0.717) is 25.0 Å². The van der Waals surface area contributed by atoms with Crippen LogP contribution < -0.4 is 5.32 Å². The number of carbonyl (C=O) groups excluding carboxylic acids is 1. The van der Waals surface area contributed by atoms with Gasteiger partial charge in [-0.1, -0.05) is 48.5 Å². The molecular weight excluding hydrogens is 226 g/mol. The van der Waals surface area contributed by atoms with Gasteiger partial charge < -0.3 is 10.1 Å². The third-order valence-electron chi connectivity index (χ3n) is 1.81. The normalized spacial score (nSPS) is 11.8. The van der Waals surface area contributed by atoms with Gasteiger partial charge in [-0.05, 0) is 12.5 Å². The predicted molar refractivity (Wildman–Crippen MR) is 79.0 cm³/mol. The lowest BCUT2D eigenvalue weighted by molar-refractivity contribution is -0.127. The Bertz CT molecular complexity index is 206. The van der Waals surface area contributed by atoms with E-state index in [2.05, 4.69) is 33.0 Å². The van der Waals surface area contributed by atoms with Gasteiger partial charge in [0, 0.05) is 18.4 Å². The number of ether oxygens (including phenoxy) is 1. The third-order valence-corrected chi connectivity index (χ3v) is 1.81. The van der Waals surface area contributed by atoms with Crippen molar-refractivity contribution in [3.8, 4) is 0 Å². The van der Waals surface area contributed by atoms with Crippen molar-refractivity contribution in [1.29, 1.82) is 0 Å². The minimum atomic E-state index is -0.230.